The maximum atomic E-state index is 5.75. The fraction of sp³-hybridized carbons (Fsp3) is 0.167. The molecule has 1 heterocycles. The molecule has 0 saturated carbocycles. The van der Waals surface area contributed by atoms with E-state index < -0.39 is 0 Å². The van der Waals surface area contributed by atoms with Crippen molar-refractivity contribution in [3.63, 3.8) is 0 Å². The summed E-state index contributed by atoms with van der Waals surface area (Å²) in [5.41, 5.74) is 2.29. The summed E-state index contributed by atoms with van der Waals surface area (Å²) in [6.07, 6.45) is 4.18. The second-order valence-electron chi connectivity index (χ2n) is 3.40. The molecule has 82 valence electrons. The SMILES string of the molecule is CCc1ccc(Nc2cncc(Cl)n2)cc1. The summed E-state index contributed by atoms with van der Waals surface area (Å²) in [6.45, 7) is 2.13. The van der Waals surface area contributed by atoms with E-state index in [1.54, 1.807) is 6.20 Å². The summed E-state index contributed by atoms with van der Waals surface area (Å²) in [6, 6.07) is 8.20. The molecule has 16 heavy (non-hydrogen) atoms. The van der Waals surface area contributed by atoms with Crippen molar-refractivity contribution in [3.8, 4) is 0 Å². The molecule has 0 unspecified atom stereocenters. The lowest BCUT2D eigenvalue weighted by Crippen LogP contribution is -1.94. The van der Waals surface area contributed by atoms with Gasteiger partial charge in [0.1, 0.15) is 5.15 Å². The van der Waals surface area contributed by atoms with Crippen LogP contribution in [0, 0.1) is 0 Å². The van der Waals surface area contributed by atoms with E-state index in [0.29, 0.717) is 11.0 Å². The van der Waals surface area contributed by atoms with Crippen LogP contribution in [0.25, 0.3) is 0 Å². The number of hydrogen-bond acceptors (Lipinski definition) is 3. The Morgan fingerprint density at radius 3 is 2.56 bits per heavy atom. The lowest BCUT2D eigenvalue weighted by atomic mass is 10.1. The normalized spacial score (nSPS) is 10.1. The minimum absolute atomic E-state index is 0.384. The van der Waals surface area contributed by atoms with Crippen LogP contribution in [0.4, 0.5) is 11.5 Å². The molecule has 1 aromatic heterocycles. The van der Waals surface area contributed by atoms with Gasteiger partial charge in [0.15, 0.2) is 5.82 Å². The van der Waals surface area contributed by atoms with Crippen LogP contribution < -0.4 is 5.32 Å². The highest BCUT2D eigenvalue weighted by Crippen LogP contribution is 2.16. The van der Waals surface area contributed by atoms with Crippen molar-refractivity contribution in [2.75, 3.05) is 5.32 Å². The number of halogens is 1. The summed E-state index contributed by atoms with van der Waals surface area (Å²) in [7, 11) is 0. The molecular weight excluding hydrogens is 222 g/mol. The largest absolute Gasteiger partial charge is 0.339 e. The quantitative estimate of drug-likeness (QED) is 0.883. The number of benzene rings is 1. The maximum absolute atomic E-state index is 5.75. The highest BCUT2D eigenvalue weighted by atomic mass is 35.5. The van der Waals surface area contributed by atoms with Crippen LogP contribution in [0.2, 0.25) is 5.15 Å². The Balaban J connectivity index is 2.14. The Morgan fingerprint density at radius 2 is 1.94 bits per heavy atom. The Labute approximate surface area is 99.5 Å². The molecule has 0 atom stereocenters. The van der Waals surface area contributed by atoms with Crippen LogP contribution >= 0.6 is 11.6 Å². The number of hydrogen-bond donors (Lipinski definition) is 1. The molecule has 0 amide bonds. The maximum Gasteiger partial charge on any atom is 0.150 e. The van der Waals surface area contributed by atoms with Gasteiger partial charge in [-0.3, -0.25) is 4.98 Å². The Kier molecular flexibility index (Phi) is 3.37. The second-order valence-corrected chi connectivity index (χ2v) is 3.79. The summed E-state index contributed by atoms with van der Waals surface area (Å²) in [5, 5.41) is 3.52. The first-order valence-corrected chi connectivity index (χ1v) is 5.49. The summed E-state index contributed by atoms with van der Waals surface area (Å²) < 4.78 is 0. The molecule has 0 aliphatic heterocycles. The standard InChI is InChI=1S/C12H12ClN3/c1-2-9-3-5-10(6-4-9)15-12-8-14-7-11(13)16-12/h3-8H,2H2,1H3,(H,15,16). The summed E-state index contributed by atoms with van der Waals surface area (Å²) >= 11 is 5.75. The van der Waals surface area contributed by atoms with Gasteiger partial charge in [-0.25, -0.2) is 4.98 Å². The molecule has 0 aliphatic rings. The van der Waals surface area contributed by atoms with Gasteiger partial charge in [0, 0.05) is 5.69 Å². The third-order valence-corrected chi connectivity index (χ3v) is 2.42. The van der Waals surface area contributed by atoms with E-state index in [9.17, 15) is 0 Å². The van der Waals surface area contributed by atoms with Gasteiger partial charge in [-0.05, 0) is 24.1 Å². The number of nitrogens with zero attached hydrogens (tertiary/aromatic N) is 2. The van der Waals surface area contributed by atoms with Crippen molar-refractivity contribution < 1.29 is 0 Å². The van der Waals surface area contributed by atoms with Gasteiger partial charge in [0.2, 0.25) is 0 Å². The van der Waals surface area contributed by atoms with E-state index in [4.69, 9.17) is 11.6 Å². The van der Waals surface area contributed by atoms with Gasteiger partial charge in [-0.15, -0.1) is 0 Å². The molecule has 0 aliphatic carbocycles. The first kappa shape index (κ1) is 10.9. The van der Waals surface area contributed by atoms with Crippen LogP contribution in [0.3, 0.4) is 0 Å². The number of rotatable bonds is 3. The van der Waals surface area contributed by atoms with Gasteiger partial charge < -0.3 is 5.32 Å². The number of aryl methyl sites for hydroxylation is 1. The van der Waals surface area contributed by atoms with Crippen molar-refractivity contribution in [1.29, 1.82) is 0 Å². The van der Waals surface area contributed by atoms with E-state index in [0.717, 1.165) is 12.1 Å². The minimum Gasteiger partial charge on any atom is -0.339 e. The second kappa shape index (κ2) is 4.94. The van der Waals surface area contributed by atoms with E-state index in [1.807, 2.05) is 12.1 Å². The lowest BCUT2D eigenvalue weighted by molar-refractivity contribution is 1.14. The smallest absolute Gasteiger partial charge is 0.150 e. The van der Waals surface area contributed by atoms with Crippen molar-refractivity contribution in [3.05, 3.63) is 47.4 Å². The van der Waals surface area contributed by atoms with E-state index in [-0.39, 0.29) is 0 Å². The molecule has 2 aromatic rings. The molecule has 0 radical (unpaired) electrons. The van der Waals surface area contributed by atoms with E-state index in [1.165, 1.54) is 11.8 Å². The van der Waals surface area contributed by atoms with Gasteiger partial charge >= 0.3 is 0 Å². The van der Waals surface area contributed by atoms with Crippen LogP contribution in [0.15, 0.2) is 36.7 Å². The van der Waals surface area contributed by atoms with E-state index in [2.05, 4.69) is 34.3 Å². The van der Waals surface area contributed by atoms with Gasteiger partial charge in [-0.1, -0.05) is 30.7 Å². The average Bonchev–Trinajstić information content (AvgIpc) is 2.30. The molecule has 4 heteroatoms. The third-order valence-electron chi connectivity index (χ3n) is 2.24. The van der Waals surface area contributed by atoms with Crippen molar-refractivity contribution in [2.45, 2.75) is 13.3 Å². The van der Waals surface area contributed by atoms with Crippen molar-refractivity contribution >= 4 is 23.1 Å². The zero-order valence-electron chi connectivity index (χ0n) is 8.94. The lowest BCUT2D eigenvalue weighted by Gasteiger charge is -2.05. The van der Waals surface area contributed by atoms with Gasteiger partial charge in [0.05, 0.1) is 12.4 Å². The first-order chi connectivity index (χ1) is 7.78. The topological polar surface area (TPSA) is 37.8 Å². The van der Waals surface area contributed by atoms with Crippen molar-refractivity contribution in [2.24, 2.45) is 0 Å². The summed E-state index contributed by atoms with van der Waals surface area (Å²) in [4.78, 5) is 8.06. The molecule has 3 nitrogen and oxygen atoms in total. The van der Waals surface area contributed by atoms with Crippen LogP contribution in [0.5, 0.6) is 0 Å². The molecular formula is C12H12ClN3. The molecule has 0 fully saturated rings. The predicted octanol–water partition coefficient (Wildman–Crippen LogP) is 3.44. The molecule has 0 spiro atoms. The highest BCUT2D eigenvalue weighted by Gasteiger charge is 1.97. The number of aromatic nitrogens is 2. The fourth-order valence-electron chi connectivity index (χ4n) is 1.37. The van der Waals surface area contributed by atoms with Gasteiger partial charge in [-0.2, -0.15) is 0 Å². The van der Waals surface area contributed by atoms with E-state index >= 15 is 0 Å². The fourth-order valence-corrected chi connectivity index (χ4v) is 1.52. The zero-order chi connectivity index (χ0) is 11.4. The Hall–Kier alpha value is -1.61. The van der Waals surface area contributed by atoms with Crippen LogP contribution in [0.1, 0.15) is 12.5 Å². The minimum atomic E-state index is 0.384. The van der Waals surface area contributed by atoms with Crippen LogP contribution in [-0.2, 0) is 6.42 Å². The molecule has 0 saturated heterocycles. The number of nitrogens with one attached hydrogen (secondary N) is 1. The van der Waals surface area contributed by atoms with Crippen LogP contribution in [-0.4, -0.2) is 9.97 Å². The third kappa shape index (κ3) is 2.70. The predicted molar refractivity (Wildman–Crippen MR) is 66.1 cm³/mol. The van der Waals surface area contributed by atoms with Crippen molar-refractivity contribution in [1.82, 2.24) is 9.97 Å². The highest BCUT2D eigenvalue weighted by molar-refractivity contribution is 6.29. The Morgan fingerprint density at radius 1 is 1.19 bits per heavy atom. The first-order valence-electron chi connectivity index (χ1n) is 5.11. The van der Waals surface area contributed by atoms with Gasteiger partial charge in [0.25, 0.3) is 0 Å². The molecule has 2 rings (SSSR count). The monoisotopic (exact) mass is 233 g/mol. The Bertz CT molecular complexity index is 468. The average molecular weight is 234 g/mol. The number of anilines is 2. The summed E-state index contributed by atoms with van der Waals surface area (Å²) in [5.74, 6) is 0.650. The zero-order valence-corrected chi connectivity index (χ0v) is 9.70. The molecule has 0 bridgehead atoms. The molecule has 1 aromatic carbocycles. The molecule has 1 N–H and O–H groups in total.